The topological polar surface area (TPSA) is 69.7 Å². The van der Waals surface area contributed by atoms with Crippen LogP contribution in [0.25, 0.3) is 0 Å². The van der Waals surface area contributed by atoms with Crippen LogP contribution in [-0.2, 0) is 9.47 Å². The Morgan fingerprint density at radius 1 is 0.656 bits per heavy atom. The second kappa shape index (κ2) is 12.3. The normalized spacial score (nSPS) is 12.4. The maximum absolute atomic E-state index is 12.8. The lowest BCUT2D eigenvalue weighted by Gasteiger charge is -2.17. The summed E-state index contributed by atoms with van der Waals surface area (Å²) in [5, 5.41) is 0. The number of benzene rings is 2. The first-order chi connectivity index (χ1) is 15.6. The number of carbonyl (C=O) groups is 3. The van der Waals surface area contributed by atoms with Gasteiger partial charge in [0.1, 0.15) is 0 Å². The Morgan fingerprint density at radius 3 is 1.75 bits per heavy atom. The molecule has 32 heavy (non-hydrogen) atoms. The van der Waals surface area contributed by atoms with Gasteiger partial charge in [-0.05, 0) is 31.0 Å². The number of hydrogen-bond acceptors (Lipinski definition) is 5. The van der Waals surface area contributed by atoms with Crippen LogP contribution in [-0.4, -0.2) is 37.9 Å². The Bertz CT molecular complexity index is 947. The molecule has 0 amide bonds. The lowest BCUT2D eigenvalue weighted by atomic mass is 9.83. The molecule has 0 radical (unpaired) electrons. The summed E-state index contributed by atoms with van der Waals surface area (Å²) in [6.07, 6.45) is 10.4. The van der Waals surface area contributed by atoms with Gasteiger partial charge in [-0.1, -0.05) is 69.2 Å². The molecular weight excluding hydrogens is 404 g/mol. The van der Waals surface area contributed by atoms with Crippen LogP contribution < -0.4 is 0 Å². The SMILES string of the molecule is COCCCCCCCCCCCOC(=O)c1ccc2c(c1)C(=O)c1ccccc1C2=O. The van der Waals surface area contributed by atoms with Crippen LogP contribution in [0.2, 0.25) is 0 Å². The summed E-state index contributed by atoms with van der Waals surface area (Å²) in [6.45, 7) is 1.22. The summed E-state index contributed by atoms with van der Waals surface area (Å²) in [5.74, 6) is -0.878. The minimum atomic E-state index is -0.456. The highest BCUT2D eigenvalue weighted by atomic mass is 16.5. The number of unbranched alkanes of at least 4 members (excludes halogenated alkanes) is 8. The van der Waals surface area contributed by atoms with Gasteiger partial charge < -0.3 is 9.47 Å². The first-order valence-electron chi connectivity index (χ1n) is 11.6. The number of rotatable bonds is 13. The predicted octanol–water partition coefficient (Wildman–Crippen LogP) is 5.78. The van der Waals surface area contributed by atoms with Crippen molar-refractivity contribution in [2.45, 2.75) is 57.8 Å². The molecule has 0 bridgehead atoms. The first kappa shape index (κ1) is 23.9. The fraction of sp³-hybridized carbons (Fsp3) is 0.444. The monoisotopic (exact) mass is 436 g/mol. The highest BCUT2D eigenvalue weighted by Gasteiger charge is 2.30. The van der Waals surface area contributed by atoms with Crippen molar-refractivity contribution in [3.8, 4) is 0 Å². The lowest BCUT2D eigenvalue weighted by molar-refractivity contribution is 0.0497. The van der Waals surface area contributed by atoms with E-state index in [9.17, 15) is 14.4 Å². The van der Waals surface area contributed by atoms with Crippen LogP contribution >= 0.6 is 0 Å². The molecule has 0 spiro atoms. The average molecular weight is 437 g/mol. The number of fused-ring (bicyclic) bond motifs is 2. The molecule has 170 valence electrons. The zero-order valence-corrected chi connectivity index (χ0v) is 18.9. The number of ether oxygens (including phenoxy) is 2. The van der Waals surface area contributed by atoms with Gasteiger partial charge in [0.05, 0.1) is 12.2 Å². The maximum Gasteiger partial charge on any atom is 0.338 e. The molecule has 0 N–H and O–H groups in total. The molecule has 1 aliphatic rings. The van der Waals surface area contributed by atoms with E-state index in [4.69, 9.17) is 9.47 Å². The molecule has 5 heteroatoms. The number of methoxy groups -OCH3 is 1. The first-order valence-corrected chi connectivity index (χ1v) is 11.6. The number of hydrogen-bond donors (Lipinski definition) is 0. The molecule has 5 nitrogen and oxygen atoms in total. The molecule has 0 fully saturated rings. The van der Waals surface area contributed by atoms with Gasteiger partial charge in [-0.2, -0.15) is 0 Å². The smallest absolute Gasteiger partial charge is 0.338 e. The van der Waals surface area contributed by atoms with E-state index in [-0.39, 0.29) is 17.1 Å². The molecule has 0 heterocycles. The van der Waals surface area contributed by atoms with Gasteiger partial charge in [0.2, 0.25) is 0 Å². The van der Waals surface area contributed by atoms with E-state index >= 15 is 0 Å². The lowest BCUT2D eigenvalue weighted by Crippen LogP contribution is -2.21. The third-order valence-corrected chi connectivity index (χ3v) is 5.89. The second-order valence-corrected chi connectivity index (χ2v) is 8.27. The fourth-order valence-corrected chi connectivity index (χ4v) is 4.06. The Balaban J connectivity index is 1.39. The summed E-state index contributed by atoms with van der Waals surface area (Å²) < 4.78 is 10.4. The van der Waals surface area contributed by atoms with E-state index < -0.39 is 5.97 Å². The van der Waals surface area contributed by atoms with Gasteiger partial charge in [-0.3, -0.25) is 9.59 Å². The quantitative estimate of drug-likeness (QED) is 0.251. The van der Waals surface area contributed by atoms with Crippen molar-refractivity contribution in [2.24, 2.45) is 0 Å². The van der Waals surface area contributed by atoms with Crippen molar-refractivity contribution in [2.75, 3.05) is 20.3 Å². The highest BCUT2D eigenvalue weighted by molar-refractivity contribution is 6.28. The van der Waals surface area contributed by atoms with Gasteiger partial charge in [0, 0.05) is 36.0 Å². The van der Waals surface area contributed by atoms with E-state index in [2.05, 4.69) is 0 Å². The van der Waals surface area contributed by atoms with Crippen molar-refractivity contribution in [3.05, 3.63) is 70.3 Å². The Kier molecular flexibility index (Phi) is 9.17. The Labute approximate surface area is 190 Å². The van der Waals surface area contributed by atoms with Gasteiger partial charge in [-0.15, -0.1) is 0 Å². The standard InChI is InChI=1S/C27H32O5/c1-31-17-11-7-5-3-2-4-6-8-12-18-32-27(30)20-15-16-23-24(19-20)26(29)22-14-10-9-13-21(22)25(23)28/h9-10,13-16,19H,2-8,11-12,17-18H2,1H3. The summed E-state index contributed by atoms with van der Waals surface area (Å²) in [4.78, 5) is 37.9. The third kappa shape index (κ3) is 6.13. The van der Waals surface area contributed by atoms with Crippen LogP contribution in [0.1, 0.15) is 100.0 Å². The van der Waals surface area contributed by atoms with E-state index in [1.807, 2.05) is 0 Å². The van der Waals surface area contributed by atoms with Crippen LogP contribution in [0.15, 0.2) is 42.5 Å². The van der Waals surface area contributed by atoms with E-state index in [1.54, 1.807) is 43.5 Å². The van der Waals surface area contributed by atoms with Crippen LogP contribution in [0, 0.1) is 0 Å². The minimum Gasteiger partial charge on any atom is -0.462 e. The largest absolute Gasteiger partial charge is 0.462 e. The van der Waals surface area contributed by atoms with Crippen molar-refractivity contribution in [1.29, 1.82) is 0 Å². The fourth-order valence-electron chi connectivity index (χ4n) is 4.06. The van der Waals surface area contributed by atoms with Crippen LogP contribution in [0.4, 0.5) is 0 Å². The average Bonchev–Trinajstić information content (AvgIpc) is 2.82. The van der Waals surface area contributed by atoms with E-state index in [0.717, 1.165) is 32.3 Å². The van der Waals surface area contributed by atoms with E-state index in [1.165, 1.54) is 38.2 Å². The van der Waals surface area contributed by atoms with Gasteiger partial charge in [-0.25, -0.2) is 4.79 Å². The molecule has 2 aromatic rings. The molecule has 2 aromatic carbocycles. The van der Waals surface area contributed by atoms with Gasteiger partial charge >= 0.3 is 5.97 Å². The highest BCUT2D eigenvalue weighted by Crippen LogP contribution is 2.28. The molecule has 0 unspecified atom stereocenters. The van der Waals surface area contributed by atoms with E-state index in [0.29, 0.717) is 28.9 Å². The van der Waals surface area contributed by atoms with Crippen molar-refractivity contribution in [3.63, 3.8) is 0 Å². The van der Waals surface area contributed by atoms with Crippen LogP contribution in [0.5, 0.6) is 0 Å². The molecule has 0 aromatic heterocycles. The van der Waals surface area contributed by atoms with Gasteiger partial charge in [0.25, 0.3) is 0 Å². The zero-order valence-electron chi connectivity index (χ0n) is 18.9. The number of esters is 1. The molecule has 0 saturated heterocycles. The molecule has 0 saturated carbocycles. The number of ketones is 2. The Morgan fingerprint density at radius 2 is 1.16 bits per heavy atom. The van der Waals surface area contributed by atoms with Crippen molar-refractivity contribution >= 4 is 17.5 Å². The second-order valence-electron chi connectivity index (χ2n) is 8.27. The molecular formula is C27H32O5. The molecule has 0 atom stereocenters. The summed E-state index contributed by atoms with van der Waals surface area (Å²) in [5.41, 5.74) is 1.70. The summed E-state index contributed by atoms with van der Waals surface area (Å²) >= 11 is 0. The summed E-state index contributed by atoms with van der Waals surface area (Å²) in [6, 6.07) is 11.4. The predicted molar refractivity (Wildman–Crippen MR) is 123 cm³/mol. The van der Waals surface area contributed by atoms with Crippen molar-refractivity contribution < 1.29 is 23.9 Å². The minimum absolute atomic E-state index is 0.190. The zero-order chi connectivity index (χ0) is 22.8. The maximum atomic E-state index is 12.8. The van der Waals surface area contributed by atoms with Crippen LogP contribution in [0.3, 0.4) is 0 Å². The van der Waals surface area contributed by atoms with Gasteiger partial charge in [0.15, 0.2) is 11.6 Å². The third-order valence-electron chi connectivity index (χ3n) is 5.89. The number of carbonyl (C=O) groups excluding carboxylic acids is 3. The summed E-state index contributed by atoms with van der Waals surface area (Å²) in [7, 11) is 1.74. The molecule has 1 aliphatic carbocycles. The van der Waals surface area contributed by atoms with Crippen molar-refractivity contribution in [1.82, 2.24) is 0 Å². The molecule has 0 aliphatic heterocycles. The molecule has 3 rings (SSSR count). The Hall–Kier alpha value is -2.79.